The molecule has 0 aliphatic carbocycles. The number of rotatable bonds is 0. The van der Waals surface area contributed by atoms with Crippen molar-refractivity contribution >= 4 is 21.5 Å². The third kappa shape index (κ3) is 1.42. The van der Waals surface area contributed by atoms with Gasteiger partial charge in [-0.3, -0.25) is 0 Å². The number of fused-ring (bicyclic) bond motifs is 3. The molecule has 0 saturated carbocycles. The second-order valence-electron chi connectivity index (χ2n) is 4.64. The number of aryl methyl sites for hydroxylation is 2. The molecule has 0 radical (unpaired) electrons. The van der Waals surface area contributed by atoms with Gasteiger partial charge in [-0.2, -0.15) is 0 Å². The van der Waals surface area contributed by atoms with Gasteiger partial charge in [0.05, 0.1) is 0 Å². The first-order valence-electron chi connectivity index (χ1n) is 5.86. The van der Waals surface area contributed by atoms with Crippen LogP contribution in [0.15, 0.2) is 36.4 Å². The van der Waals surface area contributed by atoms with E-state index in [2.05, 4.69) is 0 Å². The van der Waals surface area contributed by atoms with Crippen molar-refractivity contribution in [2.75, 3.05) is 0 Å². The molecular formula is C16H12F2. The zero-order valence-corrected chi connectivity index (χ0v) is 10.2. The number of benzene rings is 3. The summed E-state index contributed by atoms with van der Waals surface area (Å²) in [6.07, 6.45) is 0. The van der Waals surface area contributed by atoms with Gasteiger partial charge in [0.1, 0.15) is 11.6 Å². The van der Waals surface area contributed by atoms with Crippen molar-refractivity contribution < 1.29 is 8.78 Å². The summed E-state index contributed by atoms with van der Waals surface area (Å²) in [6, 6.07) is 9.97. The molecule has 0 aliphatic rings. The van der Waals surface area contributed by atoms with Gasteiger partial charge < -0.3 is 0 Å². The summed E-state index contributed by atoms with van der Waals surface area (Å²) in [5.74, 6) is -0.739. The number of halogens is 2. The molecule has 0 unspecified atom stereocenters. The molecular weight excluding hydrogens is 230 g/mol. The third-order valence-corrected chi connectivity index (χ3v) is 3.49. The first kappa shape index (κ1) is 11.1. The second kappa shape index (κ2) is 3.77. The van der Waals surface area contributed by atoms with E-state index in [0.29, 0.717) is 10.8 Å². The summed E-state index contributed by atoms with van der Waals surface area (Å²) in [5, 5.41) is 2.31. The molecule has 18 heavy (non-hydrogen) atoms. The van der Waals surface area contributed by atoms with Crippen LogP contribution in [0.3, 0.4) is 0 Å². The normalized spacial score (nSPS) is 11.3. The van der Waals surface area contributed by atoms with Crippen molar-refractivity contribution in [3.63, 3.8) is 0 Å². The van der Waals surface area contributed by atoms with Crippen LogP contribution >= 0.6 is 0 Å². The fraction of sp³-hybridized carbons (Fsp3) is 0.125. The molecule has 3 aromatic rings. The molecule has 3 rings (SSSR count). The zero-order valence-electron chi connectivity index (χ0n) is 10.2. The summed E-state index contributed by atoms with van der Waals surface area (Å²) in [5.41, 5.74) is 1.91. The van der Waals surface area contributed by atoms with Gasteiger partial charge in [0, 0.05) is 10.8 Å². The Morgan fingerprint density at radius 1 is 0.611 bits per heavy atom. The molecule has 90 valence electrons. The van der Waals surface area contributed by atoms with Crippen LogP contribution in [-0.2, 0) is 0 Å². The van der Waals surface area contributed by atoms with E-state index in [9.17, 15) is 8.78 Å². The van der Waals surface area contributed by atoms with E-state index >= 15 is 0 Å². The minimum absolute atomic E-state index is 0.370. The molecule has 0 amide bonds. The molecule has 3 aromatic carbocycles. The first-order chi connectivity index (χ1) is 8.59. The Morgan fingerprint density at radius 3 is 1.39 bits per heavy atom. The largest absolute Gasteiger partial charge is 0.206 e. The van der Waals surface area contributed by atoms with Crippen molar-refractivity contribution in [1.82, 2.24) is 0 Å². The van der Waals surface area contributed by atoms with Crippen LogP contribution in [0.1, 0.15) is 11.1 Å². The topological polar surface area (TPSA) is 0 Å². The molecule has 2 heteroatoms. The summed E-state index contributed by atoms with van der Waals surface area (Å²) in [7, 11) is 0. The van der Waals surface area contributed by atoms with E-state index in [1.807, 2.05) is 26.0 Å². The molecule has 0 saturated heterocycles. The van der Waals surface area contributed by atoms with Gasteiger partial charge in [-0.05, 0) is 47.9 Å². The maximum Gasteiger partial charge on any atom is 0.131 e. The van der Waals surface area contributed by atoms with Crippen molar-refractivity contribution in [1.29, 1.82) is 0 Å². The molecule has 0 nitrogen and oxygen atoms in total. The Bertz CT molecular complexity index is 706. The fourth-order valence-electron chi connectivity index (χ4n) is 2.50. The molecule has 0 fully saturated rings. The van der Waals surface area contributed by atoms with Gasteiger partial charge >= 0.3 is 0 Å². The van der Waals surface area contributed by atoms with Crippen molar-refractivity contribution in [2.24, 2.45) is 0 Å². The zero-order chi connectivity index (χ0) is 12.9. The third-order valence-electron chi connectivity index (χ3n) is 3.49. The predicted molar refractivity (Wildman–Crippen MR) is 70.8 cm³/mol. The highest BCUT2D eigenvalue weighted by atomic mass is 19.1. The average molecular weight is 242 g/mol. The van der Waals surface area contributed by atoms with E-state index in [1.165, 1.54) is 12.1 Å². The van der Waals surface area contributed by atoms with Crippen molar-refractivity contribution in [3.8, 4) is 0 Å². The maximum absolute atomic E-state index is 14.0. The van der Waals surface area contributed by atoms with Crippen LogP contribution in [0.25, 0.3) is 21.5 Å². The lowest BCUT2D eigenvalue weighted by Crippen LogP contribution is -1.90. The summed E-state index contributed by atoms with van der Waals surface area (Å²) < 4.78 is 28.1. The highest BCUT2D eigenvalue weighted by molar-refractivity contribution is 6.09. The Balaban J connectivity index is 2.69. The average Bonchev–Trinajstić information content (AvgIpc) is 2.37. The molecule has 0 bridgehead atoms. The van der Waals surface area contributed by atoms with Crippen LogP contribution in [-0.4, -0.2) is 0 Å². The maximum atomic E-state index is 14.0. The number of hydrogen-bond donors (Lipinski definition) is 0. The van der Waals surface area contributed by atoms with E-state index in [-0.39, 0.29) is 11.6 Å². The van der Waals surface area contributed by atoms with Crippen LogP contribution < -0.4 is 0 Å². The molecule has 0 spiro atoms. The summed E-state index contributed by atoms with van der Waals surface area (Å²) in [4.78, 5) is 0. The minimum Gasteiger partial charge on any atom is -0.206 e. The quantitative estimate of drug-likeness (QED) is 0.492. The molecule has 0 aliphatic heterocycles. The number of hydrogen-bond acceptors (Lipinski definition) is 0. The van der Waals surface area contributed by atoms with Crippen molar-refractivity contribution in [2.45, 2.75) is 13.8 Å². The summed E-state index contributed by atoms with van der Waals surface area (Å²) >= 11 is 0. The lowest BCUT2D eigenvalue weighted by atomic mass is 9.96. The highest BCUT2D eigenvalue weighted by Gasteiger charge is 2.12. The summed E-state index contributed by atoms with van der Waals surface area (Å²) in [6.45, 7) is 3.81. The van der Waals surface area contributed by atoms with Crippen LogP contribution in [0.2, 0.25) is 0 Å². The van der Waals surface area contributed by atoms with Gasteiger partial charge in [0.25, 0.3) is 0 Å². The van der Waals surface area contributed by atoms with Crippen LogP contribution in [0.5, 0.6) is 0 Å². The molecule has 0 atom stereocenters. The van der Waals surface area contributed by atoms with Crippen LogP contribution in [0, 0.1) is 25.5 Å². The Labute approximate surface area is 104 Å². The van der Waals surface area contributed by atoms with Gasteiger partial charge in [-0.25, -0.2) is 8.78 Å². The van der Waals surface area contributed by atoms with E-state index in [0.717, 1.165) is 21.9 Å². The second-order valence-corrected chi connectivity index (χ2v) is 4.64. The molecule has 0 heterocycles. The van der Waals surface area contributed by atoms with E-state index in [4.69, 9.17) is 0 Å². The smallest absolute Gasteiger partial charge is 0.131 e. The standard InChI is InChI=1S/C16H12F2/c1-9-3-7-13(17)15-11(9)5-6-12-10(2)4-8-14(18)16(12)15/h3-8H,1-2H3. The highest BCUT2D eigenvalue weighted by Crippen LogP contribution is 2.32. The Kier molecular flexibility index (Phi) is 2.34. The van der Waals surface area contributed by atoms with E-state index < -0.39 is 0 Å². The van der Waals surface area contributed by atoms with Gasteiger partial charge in [0.15, 0.2) is 0 Å². The van der Waals surface area contributed by atoms with Crippen LogP contribution in [0.4, 0.5) is 8.78 Å². The van der Waals surface area contributed by atoms with Gasteiger partial charge in [-0.15, -0.1) is 0 Å². The van der Waals surface area contributed by atoms with E-state index in [1.54, 1.807) is 12.1 Å². The fourth-order valence-corrected chi connectivity index (χ4v) is 2.50. The minimum atomic E-state index is -0.370. The molecule has 0 N–H and O–H groups in total. The first-order valence-corrected chi connectivity index (χ1v) is 5.86. The SMILES string of the molecule is Cc1ccc(F)c2c1ccc1c(C)ccc(F)c12. The lowest BCUT2D eigenvalue weighted by molar-refractivity contribution is 0.631. The lowest BCUT2D eigenvalue weighted by Gasteiger charge is -2.10. The Hall–Kier alpha value is -1.96. The van der Waals surface area contributed by atoms with Gasteiger partial charge in [-0.1, -0.05) is 24.3 Å². The monoisotopic (exact) mass is 242 g/mol. The molecule has 0 aromatic heterocycles. The Morgan fingerprint density at radius 2 is 1.00 bits per heavy atom. The predicted octanol–water partition coefficient (Wildman–Crippen LogP) is 4.89. The van der Waals surface area contributed by atoms with Crippen molar-refractivity contribution in [3.05, 3.63) is 59.2 Å². The van der Waals surface area contributed by atoms with Gasteiger partial charge in [0.2, 0.25) is 0 Å².